The molecule has 4 aromatic carbocycles. The summed E-state index contributed by atoms with van der Waals surface area (Å²) in [5, 5.41) is 2.99. The van der Waals surface area contributed by atoms with Crippen LogP contribution in [0.1, 0.15) is 11.1 Å². The van der Waals surface area contributed by atoms with E-state index in [9.17, 15) is 4.79 Å². The number of fused-ring (bicyclic) bond motifs is 1. The van der Waals surface area contributed by atoms with Gasteiger partial charge in [-0.05, 0) is 58.7 Å². The molecule has 0 spiro atoms. The Balaban J connectivity index is 1.10. The molecule has 1 aliphatic heterocycles. The lowest BCUT2D eigenvalue weighted by Gasteiger charge is -2.35. The Morgan fingerprint density at radius 1 is 0.775 bits per heavy atom. The largest absolute Gasteiger partial charge is 0.399 e. The number of hydrogen-bond acceptors (Lipinski definition) is 6. The number of carbonyl (C=O) groups excluding carboxylic acids is 1. The van der Waals surface area contributed by atoms with Crippen LogP contribution in [-0.2, 0) is 17.8 Å². The number of carbonyl (C=O) groups is 1. The van der Waals surface area contributed by atoms with Gasteiger partial charge in [-0.1, -0.05) is 60.7 Å². The summed E-state index contributed by atoms with van der Waals surface area (Å²) < 4.78 is 0. The Hall–Kier alpha value is -4.75. The summed E-state index contributed by atoms with van der Waals surface area (Å²) in [6.07, 6.45) is 2.23. The standard InChI is InChI=1S/C33H32N6O/c34-28-11-6-25(7-12-28)23-38-16-18-39(19-17-38)32-22-35-30-15-10-27(21-31(30)37-32)26-8-13-29(14-9-26)36-33(40)20-24-4-2-1-3-5-24/h1-15,21-22H,16-20,23,34H2,(H,36,40). The summed E-state index contributed by atoms with van der Waals surface area (Å²) in [6.45, 7) is 4.69. The van der Waals surface area contributed by atoms with Gasteiger partial charge in [0.1, 0.15) is 5.82 Å². The number of rotatable bonds is 7. The van der Waals surface area contributed by atoms with Gasteiger partial charge in [0.25, 0.3) is 0 Å². The van der Waals surface area contributed by atoms with Crippen LogP contribution in [0.2, 0.25) is 0 Å². The number of nitrogen functional groups attached to an aromatic ring is 1. The molecule has 7 heteroatoms. The highest BCUT2D eigenvalue weighted by molar-refractivity contribution is 5.92. The summed E-state index contributed by atoms with van der Waals surface area (Å²) in [7, 11) is 0. The molecular weight excluding hydrogens is 496 g/mol. The fraction of sp³-hybridized carbons (Fsp3) is 0.182. The lowest BCUT2D eigenvalue weighted by atomic mass is 10.0. The molecule has 1 aromatic heterocycles. The number of piperazine rings is 1. The quantitative estimate of drug-likeness (QED) is 0.276. The Labute approximate surface area is 234 Å². The predicted molar refractivity (Wildman–Crippen MR) is 162 cm³/mol. The van der Waals surface area contributed by atoms with E-state index in [1.807, 2.05) is 79.0 Å². The number of nitrogens with zero attached hydrogens (tertiary/aromatic N) is 4. The third kappa shape index (κ3) is 6.11. The molecule has 1 fully saturated rings. The van der Waals surface area contributed by atoms with Crippen LogP contribution in [-0.4, -0.2) is 47.0 Å². The van der Waals surface area contributed by atoms with Gasteiger partial charge < -0.3 is 16.0 Å². The molecule has 0 radical (unpaired) electrons. The molecule has 2 heterocycles. The summed E-state index contributed by atoms with van der Waals surface area (Å²) in [6, 6.07) is 32.0. The van der Waals surface area contributed by atoms with Crippen LogP contribution in [0.5, 0.6) is 0 Å². The van der Waals surface area contributed by atoms with Crippen molar-refractivity contribution in [2.75, 3.05) is 42.1 Å². The molecule has 0 unspecified atom stereocenters. The smallest absolute Gasteiger partial charge is 0.228 e. The highest BCUT2D eigenvalue weighted by Gasteiger charge is 2.19. The first-order valence-electron chi connectivity index (χ1n) is 13.6. The monoisotopic (exact) mass is 528 g/mol. The number of hydrogen-bond donors (Lipinski definition) is 2. The summed E-state index contributed by atoms with van der Waals surface area (Å²) in [5.41, 5.74) is 13.5. The molecule has 6 rings (SSSR count). The van der Waals surface area contributed by atoms with Crippen molar-refractivity contribution in [1.82, 2.24) is 14.9 Å². The normalized spacial score (nSPS) is 13.8. The number of nitrogens with one attached hydrogen (secondary N) is 1. The van der Waals surface area contributed by atoms with Gasteiger partial charge in [0.15, 0.2) is 0 Å². The van der Waals surface area contributed by atoms with Gasteiger partial charge >= 0.3 is 0 Å². The minimum atomic E-state index is -0.0291. The number of anilines is 3. The van der Waals surface area contributed by atoms with E-state index in [4.69, 9.17) is 15.7 Å². The predicted octanol–water partition coefficient (Wildman–Crippen LogP) is 5.38. The van der Waals surface area contributed by atoms with Crippen molar-refractivity contribution in [3.8, 4) is 11.1 Å². The fourth-order valence-corrected chi connectivity index (χ4v) is 5.08. The Bertz CT molecular complexity index is 1590. The number of benzene rings is 4. The molecule has 0 bridgehead atoms. The SMILES string of the molecule is Nc1ccc(CN2CCN(c3cnc4ccc(-c5ccc(NC(=O)Cc6ccccc6)cc5)cc4n3)CC2)cc1. The maximum atomic E-state index is 12.4. The molecule has 5 aromatic rings. The van der Waals surface area contributed by atoms with Crippen molar-refractivity contribution in [3.63, 3.8) is 0 Å². The molecule has 40 heavy (non-hydrogen) atoms. The first-order valence-corrected chi connectivity index (χ1v) is 13.6. The highest BCUT2D eigenvalue weighted by atomic mass is 16.1. The Kier molecular flexibility index (Phi) is 7.37. The molecule has 1 saturated heterocycles. The third-order valence-corrected chi connectivity index (χ3v) is 7.32. The number of nitrogens with two attached hydrogens (primary N) is 1. The molecule has 200 valence electrons. The molecule has 7 nitrogen and oxygen atoms in total. The molecule has 0 aliphatic carbocycles. The van der Waals surface area contributed by atoms with Crippen molar-refractivity contribution < 1.29 is 4.79 Å². The van der Waals surface area contributed by atoms with Gasteiger partial charge in [-0.25, -0.2) is 4.98 Å². The van der Waals surface area contributed by atoms with Gasteiger partial charge in [0.2, 0.25) is 5.91 Å². The molecule has 0 saturated carbocycles. The van der Waals surface area contributed by atoms with Crippen molar-refractivity contribution >= 4 is 34.1 Å². The summed E-state index contributed by atoms with van der Waals surface area (Å²) >= 11 is 0. The minimum Gasteiger partial charge on any atom is -0.399 e. The molecule has 1 aliphatic rings. The van der Waals surface area contributed by atoms with E-state index in [-0.39, 0.29) is 5.91 Å². The van der Waals surface area contributed by atoms with E-state index in [0.717, 1.165) is 77.6 Å². The molecular formula is C33H32N6O. The first kappa shape index (κ1) is 25.5. The maximum absolute atomic E-state index is 12.4. The summed E-state index contributed by atoms with van der Waals surface area (Å²) in [5.74, 6) is 0.881. The van der Waals surface area contributed by atoms with E-state index < -0.39 is 0 Å². The van der Waals surface area contributed by atoms with Gasteiger partial charge in [-0.2, -0.15) is 0 Å². The van der Waals surface area contributed by atoms with Crippen molar-refractivity contribution in [2.45, 2.75) is 13.0 Å². The van der Waals surface area contributed by atoms with Gasteiger partial charge in [-0.15, -0.1) is 0 Å². The number of amides is 1. The molecule has 0 atom stereocenters. The zero-order chi connectivity index (χ0) is 27.3. The Morgan fingerprint density at radius 3 is 2.25 bits per heavy atom. The van der Waals surface area contributed by atoms with Crippen LogP contribution in [0.4, 0.5) is 17.2 Å². The van der Waals surface area contributed by atoms with Crippen LogP contribution in [0.15, 0.2) is 103 Å². The van der Waals surface area contributed by atoms with E-state index in [1.54, 1.807) is 0 Å². The number of aromatic nitrogens is 2. The lowest BCUT2D eigenvalue weighted by Crippen LogP contribution is -2.46. The van der Waals surface area contributed by atoms with E-state index >= 15 is 0 Å². The van der Waals surface area contributed by atoms with Crippen molar-refractivity contribution in [2.24, 2.45) is 0 Å². The second kappa shape index (κ2) is 11.6. The van der Waals surface area contributed by atoms with Crippen LogP contribution in [0.3, 0.4) is 0 Å². The van der Waals surface area contributed by atoms with Gasteiger partial charge in [0.05, 0.1) is 23.7 Å². The Morgan fingerprint density at radius 2 is 1.50 bits per heavy atom. The van der Waals surface area contributed by atoms with Crippen molar-refractivity contribution in [3.05, 3.63) is 114 Å². The second-order valence-electron chi connectivity index (χ2n) is 10.2. The maximum Gasteiger partial charge on any atom is 0.228 e. The van der Waals surface area contributed by atoms with Gasteiger partial charge in [0, 0.05) is 44.1 Å². The first-order chi connectivity index (χ1) is 19.6. The average molecular weight is 529 g/mol. The molecule has 1 amide bonds. The third-order valence-electron chi connectivity index (χ3n) is 7.32. The van der Waals surface area contributed by atoms with Crippen LogP contribution >= 0.6 is 0 Å². The highest BCUT2D eigenvalue weighted by Crippen LogP contribution is 2.26. The second-order valence-corrected chi connectivity index (χ2v) is 10.2. The van der Waals surface area contributed by atoms with Crippen molar-refractivity contribution in [1.29, 1.82) is 0 Å². The van der Waals surface area contributed by atoms with Crippen LogP contribution in [0.25, 0.3) is 22.2 Å². The van der Waals surface area contributed by atoms with Crippen LogP contribution in [0, 0.1) is 0 Å². The van der Waals surface area contributed by atoms with E-state index in [2.05, 4.69) is 39.4 Å². The van der Waals surface area contributed by atoms with Crippen LogP contribution < -0.4 is 16.0 Å². The minimum absolute atomic E-state index is 0.0291. The van der Waals surface area contributed by atoms with E-state index in [1.165, 1.54) is 5.56 Å². The van der Waals surface area contributed by atoms with Gasteiger partial charge in [-0.3, -0.25) is 14.7 Å². The summed E-state index contributed by atoms with van der Waals surface area (Å²) in [4.78, 5) is 26.9. The topological polar surface area (TPSA) is 87.4 Å². The fourth-order valence-electron chi connectivity index (χ4n) is 5.08. The average Bonchev–Trinajstić information content (AvgIpc) is 2.99. The zero-order valence-corrected chi connectivity index (χ0v) is 22.3. The molecule has 3 N–H and O–H groups in total. The van der Waals surface area contributed by atoms with E-state index in [0.29, 0.717) is 6.42 Å². The lowest BCUT2D eigenvalue weighted by molar-refractivity contribution is -0.115. The zero-order valence-electron chi connectivity index (χ0n) is 22.3.